The number of carbonyl (C=O) groups excluding carboxylic acids is 1. The Morgan fingerprint density at radius 3 is 2.88 bits per heavy atom. The highest BCUT2D eigenvalue weighted by Gasteiger charge is 2.26. The lowest BCUT2D eigenvalue weighted by Crippen LogP contribution is -2.41. The van der Waals surface area contributed by atoms with E-state index in [0.29, 0.717) is 6.54 Å². The Balaban J connectivity index is 1.68. The van der Waals surface area contributed by atoms with Crippen LogP contribution in [0.5, 0.6) is 0 Å². The molecule has 0 bridgehead atoms. The molecule has 6 heteroatoms. The number of piperidine rings is 1. The van der Waals surface area contributed by atoms with Crippen LogP contribution in [0.1, 0.15) is 24.0 Å². The summed E-state index contributed by atoms with van der Waals surface area (Å²) in [5, 5.41) is 9.22. The van der Waals surface area contributed by atoms with Gasteiger partial charge >= 0.3 is 0 Å². The molecule has 0 saturated carbocycles. The summed E-state index contributed by atoms with van der Waals surface area (Å²) in [4.78, 5) is 26.1. The van der Waals surface area contributed by atoms with Crippen LogP contribution in [0.25, 0.3) is 0 Å². The lowest BCUT2D eigenvalue weighted by atomic mass is 9.96. The van der Waals surface area contributed by atoms with Crippen LogP contribution < -0.4 is 15.8 Å². The molecule has 0 spiro atoms. The van der Waals surface area contributed by atoms with E-state index in [9.17, 15) is 9.59 Å². The Kier molecular flexibility index (Phi) is 4.64. The zero-order valence-electron chi connectivity index (χ0n) is 14.0. The first-order valence-electron chi connectivity index (χ1n) is 8.21. The lowest BCUT2D eigenvalue weighted by Gasteiger charge is -2.33. The first-order chi connectivity index (χ1) is 11.5. The van der Waals surface area contributed by atoms with Gasteiger partial charge in [-0.1, -0.05) is 6.07 Å². The molecule has 1 aliphatic heterocycles. The molecule has 126 valence electrons. The van der Waals surface area contributed by atoms with Gasteiger partial charge in [0.15, 0.2) is 0 Å². The highest BCUT2D eigenvalue weighted by molar-refractivity contribution is 5.93. The van der Waals surface area contributed by atoms with Gasteiger partial charge in [-0.05, 0) is 49.9 Å². The minimum atomic E-state index is -0.228. The van der Waals surface area contributed by atoms with Crippen LogP contribution in [0.15, 0.2) is 35.3 Å². The summed E-state index contributed by atoms with van der Waals surface area (Å²) in [5.74, 6) is -0.0691. The summed E-state index contributed by atoms with van der Waals surface area (Å²) < 4.78 is 0. The molecule has 3 rings (SSSR count). The molecule has 2 heterocycles. The number of anilines is 2. The Morgan fingerprint density at radius 1 is 1.29 bits per heavy atom. The number of rotatable bonds is 3. The maximum atomic E-state index is 12.6. The first-order valence-corrected chi connectivity index (χ1v) is 8.21. The second kappa shape index (κ2) is 6.86. The average Bonchev–Trinajstić information content (AvgIpc) is 2.58. The Morgan fingerprint density at radius 2 is 2.12 bits per heavy atom. The third-order valence-electron chi connectivity index (χ3n) is 4.58. The van der Waals surface area contributed by atoms with Crippen LogP contribution in [0.4, 0.5) is 11.4 Å². The molecule has 24 heavy (non-hydrogen) atoms. The van der Waals surface area contributed by atoms with E-state index in [4.69, 9.17) is 0 Å². The van der Waals surface area contributed by atoms with E-state index in [1.54, 1.807) is 6.20 Å². The van der Waals surface area contributed by atoms with Crippen LogP contribution >= 0.6 is 0 Å². The van der Waals surface area contributed by atoms with Crippen molar-refractivity contribution in [2.45, 2.75) is 26.7 Å². The van der Waals surface area contributed by atoms with Crippen molar-refractivity contribution in [3.8, 4) is 0 Å². The van der Waals surface area contributed by atoms with E-state index < -0.39 is 0 Å². The summed E-state index contributed by atoms with van der Waals surface area (Å²) in [6.07, 6.45) is 3.40. The van der Waals surface area contributed by atoms with Gasteiger partial charge in [-0.2, -0.15) is 5.10 Å². The Labute approximate surface area is 140 Å². The number of H-pyrrole nitrogens is 1. The summed E-state index contributed by atoms with van der Waals surface area (Å²) in [7, 11) is 0. The van der Waals surface area contributed by atoms with Crippen LogP contribution in [0, 0.1) is 19.8 Å². The molecule has 1 amide bonds. The Bertz CT molecular complexity index is 800. The molecule has 0 radical (unpaired) electrons. The number of amides is 1. The standard InChI is InChI=1S/C18H22N4O2/c1-12-5-6-15(8-13(12)2)20-18(24)14-4-3-7-22(11-14)16-9-17(23)21-19-10-16/h5-6,8-10,14H,3-4,7,11H2,1-2H3,(H,20,24)(H,21,23). The molecule has 1 unspecified atom stereocenters. The van der Waals surface area contributed by atoms with Gasteiger partial charge in [0.25, 0.3) is 5.56 Å². The quantitative estimate of drug-likeness (QED) is 0.907. The van der Waals surface area contributed by atoms with Crippen molar-refractivity contribution in [3.63, 3.8) is 0 Å². The predicted octanol–water partition coefficient (Wildman–Crippen LogP) is 2.24. The number of nitrogens with zero attached hydrogens (tertiary/aromatic N) is 2. The molecule has 1 aliphatic rings. The molecule has 2 aromatic rings. The van der Waals surface area contributed by atoms with Crippen molar-refractivity contribution < 1.29 is 4.79 Å². The fraction of sp³-hybridized carbons (Fsp3) is 0.389. The topological polar surface area (TPSA) is 78.1 Å². The Hall–Kier alpha value is -2.63. The smallest absolute Gasteiger partial charge is 0.266 e. The summed E-state index contributed by atoms with van der Waals surface area (Å²) in [6, 6.07) is 7.46. The molecular weight excluding hydrogens is 304 g/mol. The normalized spacial score (nSPS) is 17.6. The van der Waals surface area contributed by atoms with E-state index >= 15 is 0 Å². The van der Waals surface area contributed by atoms with Gasteiger partial charge in [0.05, 0.1) is 17.8 Å². The number of carbonyl (C=O) groups is 1. The number of aromatic nitrogens is 2. The fourth-order valence-corrected chi connectivity index (χ4v) is 3.03. The number of hydrogen-bond donors (Lipinski definition) is 2. The van der Waals surface area contributed by atoms with Crippen molar-refractivity contribution in [3.05, 3.63) is 51.9 Å². The summed E-state index contributed by atoms with van der Waals surface area (Å²) in [5.41, 5.74) is 3.74. The first kappa shape index (κ1) is 16.2. The molecule has 0 aliphatic carbocycles. The monoisotopic (exact) mass is 326 g/mol. The zero-order valence-corrected chi connectivity index (χ0v) is 14.0. The fourth-order valence-electron chi connectivity index (χ4n) is 3.03. The minimum Gasteiger partial charge on any atom is -0.369 e. The lowest BCUT2D eigenvalue weighted by molar-refractivity contribution is -0.120. The minimum absolute atomic E-state index is 0.0285. The number of benzene rings is 1. The van der Waals surface area contributed by atoms with Gasteiger partial charge in [-0.25, -0.2) is 5.10 Å². The molecule has 1 fully saturated rings. The number of nitrogens with one attached hydrogen (secondary N) is 2. The second-order valence-corrected chi connectivity index (χ2v) is 6.38. The molecule has 1 atom stereocenters. The largest absolute Gasteiger partial charge is 0.369 e. The van der Waals surface area contributed by atoms with Crippen LogP contribution in [0.3, 0.4) is 0 Å². The number of aromatic amines is 1. The second-order valence-electron chi connectivity index (χ2n) is 6.38. The van der Waals surface area contributed by atoms with Crippen LogP contribution in [0.2, 0.25) is 0 Å². The van der Waals surface area contributed by atoms with E-state index in [1.807, 2.05) is 25.1 Å². The SMILES string of the molecule is Cc1ccc(NC(=O)C2CCCN(c3cn[nH]c(=O)c3)C2)cc1C. The van der Waals surface area contributed by atoms with Gasteiger partial charge in [-0.3, -0.25) is 9.59 Å². The van der Waals surface area contributed by atoms with Crippen molar-refractivity contribution in [2.75, 3.05) is 23.3 Å². The van der Waals surface area contributed by atoms with Gasteiger partial charge in [0.1, 0.15) is 0 Å². The molecular formula is C18H22N4O2. The van der Waals surface area contributed by atoms with Gasteiger partial charge in [0, 0.05) is 24.8 Å². The maximum Gasteiger partial charge on any atom is 0.266 e. The molecule has 1 aromatic heterocycles. The zero-order chi connectivity index (χ0) is 17.1. The number of aryl methyl sites for hydroxylation is 2. The van der Waals surface area contributed by atoms with E-state index in [2.05, 4.69) is 27.3 Å². The van der Waals surface area contributed by atoms with E-state index in [1.165, 1.54) is 11.6 Å². The molecule has 1 aromatic carbocycles. The van der Waals surface area contributed by atoms with E-state index in [-0.39, 0.29) is 17.4 Å². The van der Waals surface area contributed by atoms with Crippen molar-refractivity contribution in [1.29, 1.82) is 0 Å². The van der Waals surface area contributed by atoms with Gasteiger partial charge in [0.2, 0.25) is 5.91 Å². The van der Waals surface area contributed by atoms with Crippen molar-refractivity contribution in [1.82, 2.24) is 10.2 Å². The van der Waals surface area contributed by atoms with Crippen LogP contribution in [-0.2, 0) is 4.79 Å². The third kappa shape index (κ3) is 3.64. The predicted molar refractivity (Wildman–Crippen MR) is 94.3 cm³/mol. The van der Waals surface area contributed by atoms with Crippen molar-refractivity contribution >= 4 is 17.3 Å². The molecule has 2 N–H and O–H groups in total. The third-order valence-corrected chi connectivity index (χ3v) is 4.58. The van der Waals surface area contributed by atoms with Gasteiger partial charge in [-0.15, -0.1) is 0 Å². The number of hydrogen-bond acceptors (Lipinski definition) is 4. The maximum absolute atomic E-state index is 12.6. The molecule has 6 nitrogen and oxygen atoms in total. The summed E-state index contributed by atoms with van der Waals surface area (Å²) >= 11 is 0. The average molecular weight is 326 g/mol. The van der Waals surface area contributed by atoms with Crippen LogP contribution in [-0.4, -0.2) is 29.2 Å². The van der Waals surface area contributed by atoms with Crippen molar-refractivity contribution in [2.24, 2.45) is 5.92 Å². The molecule has 1 saturated heterocycles. The highest BCUT2D eigenvalue weighted by Crippen LogP contribution is 2.23. The van der Waals surface area contributed by atoms with Gasteiger partial charge < -0.3 is 10.2 Å². The van der Waals surface area contributed by atoms with E-state index in [0.717, 1.165) is 36.3 Å². The summed E-state index contributed by atoms with van der Waals surface area (Å²) in [6.45, 7) is 5.52. The highest BCUT2D eigenvalue weighted by atomic mass is 16.2.